The summed E-state index contributed by atoms with van der Waals surface area (Å²) in [6.45, 7) is 0. The maximum Gasteiger partial charge on any atom is 0.0733 e. The molecule has 0 radical (unpaired) electrons. The number of oxime groups is 1. The Morgan fingerprint density at radius 1 is 0.923 bits per heavy atom. The van der Waals surface area contributed by atoms with E-state index in [4.69, 9.17) is 5.21 Å². The lowest BCUT2D eigenvalue weighted by Gasteiger charge is -1.85. The molecule has 2 nitrogen and oxygen atoms in total. The predicted octanol–water partition coefficient (Wildman–Crippen LogP) is 2.60. The van der Waals surface area contributed by atoms with E-state index in [9.17, 15) is 0 Å². The molecule has 1 N–H and O–H groups in total. The molecule has 2 aliphatic rings. The third-order valence-corrected chi connectivity index (χ3v) is 2.00. The Bertz CT molecular complexity index is 378. The average Bonchev–Trinajstić information content (AvgIpc) is 2.50. The highest BCUT2D eigenvalue weighted by molar-refractivity contribution is 5.80. The second-order valence-corrected chi connectivity index (χ2v) is 2.85. The summed E-state index contributed by atoms with van der Waals surface area (Å²) in [4.78, 5) is 0. The summed E-state index contributed by atoms with van der Waals surface area (Å²) < 4.78 is 0. The van der Waals surface area contributed by atoms with Crippen molar-refractivity contribution in [1.29, 1.82) is 0 Å². The van der Waals surface area contributed by atoms with Crippen LogP contribution in [0.15, 0.2) is 47.6 Å². The minimum atomic E-state index is 0.888. The summed E-state index contributed by atoms with van der Waals surface area (Å²) in [5.41, 5.74) is 3.27. The molecule has 0 spiro atoms. The number of hydrogen-bond acceptors (Lipinski definition) is 2. The summed E-state index contributed by atoms with van der Waals surface area (Å²) in [5.74, 6) is 0. The maximum atomic E-state index is 8.36. The van der Waals surface area contributed by atoms with Gasteiger partial charge >= 0.3 is 0 Å². The summed E-state index contributed by atoms with van der Waals surface area (Å²) >= 11 is 0. The Hall–Kier alpha value is -1.83. The first kappa shape index (κ1) is 7.80. The number of hydrogen-bond donors (Lipinski definition) is 1. The fourth-order valence-corrected chi connectivity index (χ4v) is 1.33. The predicted molar refractivity (Wildman–Crippen MR) is 52.4 cm³/mol. The van der Waals surface area contributed by atoms with Crippen LogP contribution >= 0.6 is 0 Å². The van der Waals surface area contributed by atoms with Crippen molar-refractivity contribution in [3.63, 3.8) is 0 Å². The van der Waals surface area contributed by atoms with Crippen molar-refractivity contribution in [3.05, 3.63) is 48.0 Å². The van der Waals surface area contributed by atoms with E-state index in [-0.39, 0.29) is 0 Å². The fourth-order valence-electron chi connectivity index (χ4n) is 1.33. The highest BCUT2D eigenvalue weighted by Crippen LogP contribution is 2.21. The van der Waals surface area contributed by atoms with Gasteiger partial charge in [-0.25, -0.2) is 0 Å². The summed E-state index contributed by atoms with van der Waals surface area (Å²) in [7, 11) is 0. The van der Waals surface area contributed by atoms with E-state index in [1.807, 2.05) is 30.3 Å². The second kappa shape index (κ2) is 3.27. The summed E-state index contributed by atoms with van der Waals surface area (Å²) in [6, 6.07) is 14.0. The second-order valence-electron chi connectivity index (χ2n) is 2.85. The minimum Gasteiger partial charge on any atom is -0.411 e. The highest BCUT2D eigenvalue weighted by atomic mass is 16.4. The van der Waals surface area contributed by atoms with E-state index in [1.165, 1.54) is 17.3 Å². The molecule has 2 heteroatoms. The molecule has 0 amide bonds. The summed E-state index contributed by atoms with van der Waals surface area (Å²) in [6.07, 6.45) is 1.42. The lowest BCUT2D eigenvalue weighted by molar-refractivity contribution is 0.322. The third-order valence-electron chi connectivity index (χ3n) is 2.00. The lowest BCUT2D eigenvalue weighted by atomic mass is 10.2. The molecular weight excluding hydrogens is 162 g/mol. The fraction of sp³-hybridized carbons (Fsp3) is 0. The van der Waals surface area contributed by atoms with Crippen LogP contribution in [-0.4, -0.2) is 11.4 Å². The number of nitrogens with zero attached hydrogens (tertiary/aromatic N) is 1. The van der Waals surface area contributed by atoms with Gasteiger partial charge < -0.3 is 5.21 Å². The van der Waals surface area contributed by atoms with Gasteiger partial charge in [-0.05, 0) is 16.7 Å². The van der Waals surface area contributed by atoms with E-state index in [0.717, 1.165) is 5.56 Å². The molecule has 0 aromatic heterocycles. The largest absolute Gasteiger partial charge is 0.411 e. The molecule has 0 aliphatic heterocycles. The standard InChI is InChI=1S/C11H9NO/c13-12-8-9-4-6-10-2-1-3-11(10)7-5-9/h1-8,13H. The van der Waals surface area contributed by atoms with E-state index >= 15 is 0 Å². The van der Waals surface area contributed by atoms with Gasteiger partial charge in [-0.2, -0.15) is 0 Å². The van der Waals surface area contributed by atoms with Gasteiger partial charge in [0.1, 0.15) is 0 Å². The van der Waals surface area contributed by atoms with Crippen LogP contribution in [0.1, 0.15) is 5.56 Å². The van der Waals surface area contributed by atoms with Crippen molar-refractivity contribution in [3.8, 4) is 11.1 Å². The Morgan fingerprint density at radius 3 is 2.08 bits per heavy atom. The van der Waals surface area contributed by atoms with Gasteiger partial charge in [0.2, 0.25) is 0 Å². The smallest absolute Gasteiger partial charge is 0.0733 e. The molecule has 13 heavy (non-hydrogen) atoms. The van der Waals surface area contributed by atoms with E-state index in [0.29, 0.717) is 0 Å². The van der Waals surface area contributed by atoms with Gasteiger partial charge in [-0.15, -0.1) is 0 Å². The zero-order valence-electron chi connectivity index (χ0n) is 7.01. The molecule has 0 unspecified atom stereocenters. The Morgan fingerprint density at radius 2 is 1.54 bits per heavy atom. The molecule has 2 aliphatic carbocycles. The van der Waals surface area contributed by atoms with Gasteiger partial charge in [0.25, 0.3) is 0 Å². The molecule has 0 aromatic carbocycles. The van der Waals surface area contributed by atoms with Crippen molar-refractivity contribution in [2.75, 3.05) is 0 Å². The topological polar surface area (TPSA) is 32.6 Å². The van der Waals surface area contributed by atoms with E-state index < -0.39 is 0 Å². The molecule has 0 atom stereocenters. The number of rotatable bonds is 1. The zero-order chi connectivity index (χ0) is 9.10. The molecule has 0 saturated heterocycles. The first-order valence-corrected chi connectivity index (χ1v) is 4.06. The van der Waals surface area contributed by atoms with Crippen LogP contribution in [0.2, 0.25) is 0 Å². The lowest BCUT2D eigenvalue weighted by Crippen LogP contribution is -1.73. The monoisotopic (exact) mass is 171 g/mol. The first-order chi connectivity index (χ1) is 6.40. The first-order valence-electron chi connectivity index (χ1n) is 4.06. The maximum absolute atomic E-state index is 8.36. The molecule has 0 bridgehead atoms. The number of fused-ring (bicyclic) bond motifs is 1. The molecule has 2 rings (SSSR count). The SMILES string of the molecule is ON=Cc1ccc2cccc-2cc1. The quantitative estimate of drug-likeness (QED) is 0.399. The summed E-state index contributed by atoms with van der Waals surface area (Å²) in [5, 5.41) is 11.3. The molecule has 0 aromatic rings. The van der Waals surface area contributed by atoms with Gasteiger partial charge in [0, 0.05) is 0 Å². The molecular formula is C11H9NO. The van der Waals surface area contributed by atoms with Gasteiger partial charge in [0.15, 0.2) is 0 Å². The van der Waals surface area contributed by atoms with Gasteiger partial charge in [-0.1, -0.05) is 47.6 Å². The van der Waals surface area contributed by atoms with Crippen LogP contribution in [0.4, 0.5) is 0 Å². The molecule has 0 heterocycles. The van der Waals surface area contributed by atoms with Crippen LogP contribution in [0.25, 0.3) is 11.1 Å². The zero-order valence-corrected chi connectivity index (χ0v) is 7.01. The molecule has 0 saturated carbocycles. The van der Waals surface area contributed by atoms with E-state index in [2.05, 4.69) is 17.3 Å². The van der Waals surface area contributed by atoms with Crippen molar-refractivity contribution in [2.24, 2.45) is 5.16 Å². The van der Waals surface area contributed by atoms with Crippen LogP contribution in [-0.2, 0) is 0 Å². The molecule has 64 valence electrons. The highest BCUT2D eigenvalue weighted by Gasteiger charge is 1.97. The van der Waals surface area contributed by atoms with Gasteiger partial charge in [0.05, 0.1) is 6.21 Å². The third kappa shape index (κ3) is 1.51. The van der Waals surface area contributed by atoms with Crippen LogP contribution in [0.5, 0.6) is 0 Å². The average molecular weight is 171 g/mol. The van der Waals surface area contributed by atoms with Crippen molar-refractivity contribution in [2.45, 2.75) is 0 Å². The Labute approximate surface area is 76.5 Å². The molecule has 0 fully saturated rings. The van der Waals surface area contributed by atoms with Crippen LogP contribution in [0.3, 0.4) is 0 Å². The van der Waals surface area contributed by atoms with Gasteiger partial charge in [-0.3, -0.25) is 0 Å². The van der Waals surface area contributed by atoms with Crippen molar-refractivity contribution < 1.29 is 5.21 Å². The van der Waals surface area contributed by atoms with E-state index in [1.54, 1.807) is 0 Å². The Kier molecular flexibility index (Phi) is 1.96. The Balaban J connectivity index is 2.54. The van der Waals surface area contributed by atoms with Crippen molar-refractivity contribution in [1.82, 2.24) is 0 Å². The normalized spacial score (nSPS) is 11.1. The van der Waals surface area contributed by atoms with Crippen LogP contribution in [0, 0.1) is 0 Å². The van der Waals surface area contributed by atoms with Crippen LogP contribution < -0.4 is 0 Å². The van der Waals surface area contributed by atoms with Crippen molar-refractivity contribution >= 4 is 6.21 Å². The minimum absolute atomic E-state index is 0.888.